The van der Waals surface area contributed by atoms with E-state index in [1.165, 1.54) is 15.3 Å². The van der Waals surface area contributed by atoms with Crippen LogP contribution in [0.5, 0.6) is 5.75 Å². The lowest BCUT2D eigenvalue weighted by molar-refractivity contribution is -0.116. The van der Waals surface area contributed by atoms with E-state index in [4.69, 9.17) is 16.3 Å². The van der Waals surface area contributed by atoms with Gasteiger partial charge in [-0.15, -0.1) is 0 Å². The Hall–Kier alpha value is -3.62. The standard InChI is InChI=1S/C23H21ClN4O4/c1-14-3-6-16(24)11-19(14)25-20(30)12-27-9-10-28-22(23(27)31)18(13-29)21(26-28)15-4-7-17(32-2)8-5-15/h3-11,29H,12-13H2,1-2H3,(H,25,30). The summed E-state index contributed by atoms with van der Waals surface area (Å²) in [5.41, 5.74) is 2.84. The van der Waals surface area contributed by atoms with Crippen LogP contribution in [0.25, 0.3) is 16.8 Å². The smallest absolute Gasteiger partial charge is 0.277 e. The molecule has 0 saturated heterocycles. The number of hydrogen-bond donors (Lipinski definition) is 2. The Morgan fingerprint density at radius 1 is 1.19 bits per heavy atom. The van der Waals surface area contributed by atoms with Gasteiger partial charge in [-0.3, -0.25) is 9.59 Å². The molecule has 2 aromatic heterocycles. The van der Waals surface area contributed by atoms with Gasteiger partial charge in [0.1, 0.15) is 17.8 Å². The van der Waals surface area contributed by atoms with Crippen LogP contribution in [0.3, 0.4) is 0 Å². The Morgan fingerprint density at radius 2 is 1.94 bits per heavy atom. The van der Waals surface area contributed by atoms with Crippen LogP contribution in [0.2, 0.25) is 5.02 Å². The normalized spacial score (nSPS) is 11.0. The van der Waals surface area contributed by atoms with Gasteiger partial charge in [-0.25, -0.2) is 4.52 Å². The van der Waals surface area contributed by atoms with Crippen LogP contribution < -0.4 is 15.6 Å². The number of ether oxygens (including phenoxy) is 1. The molecular weight excluding hydrogens is 432 g/mol. The second-order valence-corrected chi connectivity index (χ2v) is 7.68. The zero-order valence-electron chi connectivity index (χ0n) is 17.5. The molecule has 2 aromatic carbocycles. The average molecular weight is 453 g/mol. The average Bonchev–Trinajstić information content (AvgIpc) is 3.17. The predicted octanol–water partition coefficient (Wildman–Crippen LogP) is 3.26. The first-order valence-corrected chi connectivity index (χ1v) is 10.2. The van der Waals surface area contributed by atoms with Crippen LogP contribution >= 0.6 is 11.6 Å². The van der Waals surface area contributed by atoms with Crippen molar-refractivity contribution in [1.29, 1.82) is 0 Å². The summed E-state index contributed by atoms with van der Waals surface area (Å²) in [7, 11) is 1.57. The highest BCUT2D eigenvalue weighted by Crippen LogP contribution is 2.26. The fourth-order valence-corrected chi connectivity index (χ4v) is 3.65. The molecule has 0 aliphatic carbocycles. The topological polar surface area (TPSA) is 97.9 Å². The number of aromatic nitrogens is 3. The largest absolute Gasteiger partial charge is 0.497 e. The summed E-state index contributed by atoms with van der Waals surface area (Å²) in [4.78, 5) is 25.7. The number of aliphatic hydroxyl groups is 1. The van der Waals surface area contributed by atoms with Crippen LogP contribution in [0.4, 0.5) is 5.69 Å². The lowest BCUT2D eigenvalue weighted by Crippen LogP contribution is -2.28. The number of fused-ring (bicyclic) bond motifs is 1. The summed E-state index contributed by atoms with van der Waals surface area (Å²) in [5.74, 6) is 0.314. The summed E-state index contributed by atoms with van der Waals surface area (Å²) in [6.45, 7) is 1.28. The lowest BCUT2D eigenvalue weighted by Gasteiger charge is -2.10. The van der Waals surface area contributed by atoms with Gasteiger partial charge in [0.25, 0.3) is 5.56 Å². The highest BCUT2D eigenvalue weighted by atomic mass is 35.5. The van der Waals surface area contributed by atoms with Crippen LogP contribution in [-0.4, -0.2) is 32.3 Å². The molecule has 1 amide bonds. The molecule has 0 aliphatic rings. The first kappa shape index (κ1) is 21.6. The van der Waals surface area contributed by atoms with Gasteiger partial charge in [-0.05, 0) is 48.9 Å². The van der Waals surface area contributed by atoms with Crippen molar-refractivity contribution in [2.24, 2.45) is 0 Å². The molecule has 0 atom stereocenters. The number of nitrogens with one attached hydrogen (secondary N) is 1. The van der Waals surface area contributed by atoms with Gasteiger partial charge >= 0.3 is 0 Å². The lowest BCUT2D eigenvalue weighted by atomic mass is 10.1. The zero-order valence-corrected chi connectivity index (χ0v) is 18.3. The molecule has 0 bridgehead atoms. The van der Waals surface area contributed by atoms with E-state index in [0.29, 0.717) is 27.7 Å². The van der Waals surface area contributed by atoms with Crippen LogP contribution in [0.15, 0.2) is 59.7 Å². The molecule has 32 heavy (non-hydrogen) atoms. The summed E-state index contributed by atoms with van der Waals surface area (Å²) >= 11 is 6.01. The Kier molecular flexibility index (Phi) is 5.98. The Morgan fingerprint density at radius 3 is 2.62 bits per heavy atom. The molecule has 0 aliphatic heterocycles. The third-order valence-electron chi connectivity index (χ3n) is 5.17. The minimum absolute atomic E-state index is 0.199. The SMILES string of the molecule is COc1ccc(-c2nn3ccn(CC(=O)Nc4cc(Cl)ccc4C)c(=O)c3c2CO)cc1. The van der Waals surface area contributed by atoms with Crippen molar-refractivity contribution in [3.8, 4) is 17.0 Å². The van der Waals surface area contributed by atoms with E-state index in [2.05, 4.69) is 10.4 Å². The predicted molar refractivity (Wildman–Crippen MR) is 122 cm³/mol. The van der Waals surface area contributed by atoms with Crippen molar-refractivity contribution >= 4 is 28.7 Å². The molecule has 4 aromatic rings. The van der Waals surface area contributed by atoms with Gasteiger partial charge in [0, 0.05) is 34.2 Å². The van der Waals surface area contributed by atoms with Gasteiger partial charge in [0.15, 0.2) is 0 Å². The van der Waals surface area contributed by atoms with Crippen LogP contribution in [0.1, 0.15) is 11.1 Å². The number of halogens is 1. The molecule has 0 spiro atoms. The van der Waals surface area contributed by atoms with Gasteiger partial charge in [0.05, 0.1) is 19.4 Å². The van der Waals surface area contributed by atoms with Crippen molar-refractivity contribution in [3.05, 3.63) is 81.4 Å². The Labute approximate surface area is 188 Å². The number of benzene rings is 2. The summed E-state index contributed by atoms with van der Waals surface area (Å²) in [6, 6.07) is 12.4. The second-order valence-electron chi connectivity index (χ2n) is 7.25. The Balaban J connectivity index is 1.68. The number of nitrogens with zero attached hydrogens (tertiary/aromatic N) is 3. The number of rotatable bonds is 6. The fraction of sp³-hybridized carbons (Fsp3) is 0.174. The number of anilines is 1. The quantitative estimate of drug-likeness (QED) is 0.468. The van der Waals surface area contributed by atoms with E-state index in [1.54, 1.807) is 55.8 Å². The van der Waals surface area contributed by atoms with E-state index >= 15 is 0 Å². The fourth-order valence-electron chi connectivity index (χ4n) is 3.48. The third kappa shape index (κ3) is 4.10. The number of carbonyl (C=O) groups excluding carboxylic acids is 1. The number of hydrogen-bond acceptors (Lipinski definition) is 5. The van der Waals surface area contributed by atoms with Crippen LogP contribution in [-0.2, 0) is 17.9 Å². The van der Waals surface area contributed by atoms with Gasteiger partial charge < -0.3 is 19.7 Å². The van der Waals surface area contributed by atoms with Crippen LogP contribution in [0, 0.1) is 6.92 Å². The molecule has 0 unspecified atom stereocenters. The molecule has 0 fully saturated rings. The van der Waals surface area contributed by atoms with Crippen molar-refractivity contribution in [2.45, 2.75) is 20.1 Å². The van der Waals surface area contributed by atoms with E-state index in [0.717, 1.165) is 11.1 Å². The van der Waals surface area contributed by atoms with Gasteiger partial charge in [-0.1, -0.05) is 17.7 Å². The number of aliphatic hydroxyl groups excluding tert-OH is 1. The molecule has 164 valence electrons. The summed E-state index contributed by atoms with van der Waals surface area (Å²) < 4.78 is 7.88. The Bertz CT molecular complexity index is 1360. The van der Waals surface area contributed by atoms with Crippen molar-refractivity contribution in [1.82, 2.24) is 14.2 Å². The highest BCUT2D eigenvalue weighted by Gasteiger charge is 2.18. The highest BCUT2D eigenvalue weighted by molar-refractivity contribution is 6.31. The first-order valence-electron chi connectivity index (χ1n) is 9.83. The van der Waals surface area contributed by atoms with Crippen molar-refractivity contribution < 1.29 is 14.6 Å². The number of methoxy groups -OCH3 is 1. The molecule has 0 saturated carbocycles. The number of aryl methyl sites for hydroxylation is 1. The summed E-state index contributed by atoms with van der Waals surface area (Å²) in [5, 5.41) is 17.7. The minimum atomic E-state index is -0.429. The van der Waals surface area contributed by atoms with E-state index in [1.807, 2.05) is 6.92 Å². The van der Waals surface area contributed by atoms with Gasteiger partial charge in [0.2, 0.25) is 5.91 Å². The molecule has 2 N–H and O–H groups in total. The second kappa shape index (κ2) is 8.86. The van der Waals surface area contributed by atoms with E-state index < -0.39 is 5.56 Å². The molecule has 0 radical (unpaired) electrons. The summed E-state index contributed by atoms with van der Waals surface area (Å²) in [6.07, 6.45) is 3.08. The number of amides is 1. The van der Waals surface area contributed by atoms with E-state index in [-0.39, 0.29) is 24.6 Å². The molecular formula is C23H21ClN4O4. The minimum Gasteiger partial charge on any atom is -0.497 e. The van der Waals surface area contributed by atoms with E-state index in [9.17, 15) is 14.7 Å². The maximum atomic E-state index is 13.1. The third-order valence-corrected chi connectivity index (χ3v) is 5.40. The molecule has 2 heterocycles. The van der Waals surface area contributed by atoms with Gasteiger partial charge in [-0.2, -0.15) is 5.10 Å². The molecule has 8 nitrogen and oxygen atoms in total. The maximum absolute atomic E-state index is 13.1. The zero-order chi connectivity index (χ0) is 22.8. The molecule has 9 heteroatoms. The monoisotopic (exact) mass is 452 g/mol. The molecule has 4 rings (SSSR count). The van der Waals surface area contributed by atoms with Crippen molar-refractivity contribution in [3.63, 3.8) is 0 Å². The first-order chi connectivity index (χ1) is 15.4. The number of carbonyl (C=O) groups is 1. The van der Waals surface area contributed by atoms with Crippen molar-refractivity contribution in [2.75, 3.05) is 12.4 Å². The maximum Gasteiger partial charge on any atom is 0.277 e.